The summed E-state index contributed by atoms with van der Waals surface area (Å²) in [6.45, 7) is 4.94. The summed E-state index contributed by atoms with van der Waals surface area (Å²) < 4.78 is 33.3. The van der Waals surface area contributed by atoms with Gasteiger partial charge in [-0.3, -0.25) is 0 Å². The first-order valence-corrected chi connectivity index (χ1v) is 7.61. The number of hydrogen-bond acceptors (Lipinski definition) is 4. The molecule has 2 rings (SSSR count). The third kappa shape index (κ3) is 3.09. The number of aryl methyl sites for hydroxylation is 2. The van der Waals surface area contributed by atoms with Crippen LogP contribution >= 0.6 is 0 Å². The largest absolute Gasteiger partial charge is 0.444 e. The van der Waals surface area contributed by atoms with Crippen molar-refractivity contribution in [2.45, 2.75) is 39.7 Å². The fraction of sp³-hybridized carbons (Fsp3) is 0.727. The highest BCUT2D eigenvalue weighted by molar-refractivity contribution is 7.87. The molecule has 1 aliphatic heterocycles. The second-order valence-electron chi connectivity index (χ2n) is 4.54. The van der Waals surface area contributed by atoms with Gasteiger partial charge in [0.1, 0.15) is 5.76 Å². The molecule has 102 valence electrons. The van der Waals surface area contributed by atoms with E-state index >= 15 is 0 Å². The van der Waals surface area contributed by atoms with Crippen LogP contribution in [0.25, 0.3) is 0 Å². The number of aromatic nitrogens is 1. The first kappa shape index (κ1) is 13.5. The maximum absolute atomic E-state index is 12.0. The van der Waals surface area contributed by atoms with Gasteiger partial charge in [0.05, 0.1) is 12.2 Å². The lowest BCUT2D eigenvalue weighted by Crippen LogP contribution is -2.43. The third-order valence-corrected chi connectivity index (χ3v) is 4.69. The molecule has 0 radical (unpaired) electrons. The van der Waals surface area contributed by atoms with Gasteiger partial charge < -0.3 is 4.42 Å². The minimum Gasteiger partial charge on any atom is -0.444 e. The Morgan fingerprint density at radius 1 is 1.28 bits per heavy atom. The highest BCUT2D eigenvalue weighted by Gasteiger charge is 2.23. The van der Waals surface area contributed by atoms with Crippen molar-refractivity contribution in [3.05, 3.63) is 17.3 Å². The van der Waals surface area contributed by atoms with Crippen LogP contribution in [0, 0.1) is 13.8 Å². The summed E-state index contributed by atoms with van der Waals surface area (Å²) >= 11 is 0. The molecule has 0 atom stereocenters. The van der Waals surface area contributed by atoms with Gasteiger partial charge in [0.2, 0.25) is 5.89 Å². The first-order valence-electron chi connectivity index (χ1n) is 6.17. The molecule has 0 spiro atoms. The average molecular weight is 273 g/mol. The quantitative estimate of drug-likeness (QED) is 0.891. The van der Waals surface area contributed by atoms with Gasteiger partial charge in [0, 0.05) is 13.1 Å². The van der Waals surface area contributed by atoms with Crippen LogP contribution in [0.4, 0.5) is 0 Å². The Kier molecular flexibility index (Phi) is 4.04. The molecule has 7 heteroatoms. The number of piperidine rings is 1. The Balaban J connectivity index is 1.96. The van der Waals surface area contributed by atoms with Crippen molar-refractivity contribution in [2.75, 3.05) is 13.1 Å². The van der Waals surface area contributed by atoms with E-state index in [2.05, 4.69) is 9.71 Å². The van der Waals surface area contributed by atoms with Crippen molar-refractivity contribution < 1.29 is 12.8 Å². The predicted molar refractivity (Wildman–Crippen MR) is 67.2 cm³/mol. The number of oxazole rings is 1. The van der Waals surface area contributed by atoms with Crippen molar-refractivity contribution in [1.82, 2.24) is 14.0 Å². The summed E-state index contributed by atoms with van der Waals surface area (Å²) in [6, 6.07) is 0. The van der Waals surface area contributed by atoms with Crippen LogP contribution in [-0.2, 0) is 16.8 Å². The molecule has 0 unspecified atom stereocenters. The van der Waals surface area contributed by atoms with Crippen molar-refractivity contribution in [2.24, 2.45) is 0 Å². The molecule has 1 saturated heterocycles. The van der Waals surface area contributed by atoms with Crippen LogP contribution in [0.2, 0.25) is 0 Å². The van der Waals surface area contributed by atoms with E-state index in [-0.39, 0.29) is 6.54 Å². The van der Waals surface area contributed by atoms with Crippen LogP contribution < -0.4 is 4.72 Å². The lowest BCUT2D eigenvalue weighted by molar-refractivity contribution is 0.339. The molecule has 0 aliphatic carbocycles. The van der Waals surface area contributed by atoms with E-state index in [0.29, 0.717) is 19.0 Å². The van der Waals surface area contributed by atoms with Crippen molar-refractivity contribution in [3.8, 4) is 0 Å². The smallest absolute Gasteiger partial charge is 0.279 e. The molecule has 0 amide bonds. The summed E-state index contributed by atoms with van der Waals surface area (Å²) in [5.41, 5.74) is 0.794. The molecule has 0 bridgehead atoms. The van der Waals surface area contributed by atoms with Crippen LogP contribution in [-0.4, -0.2) is 30.8 Å². The van der Waals surface area contributed by atoms with E-state index < -0.39 is 10.2 Å². The lowest BCUT2D eigenvalue weighted by atomic mass is 10.2. The highest BCUT2D eigenvalue weighted by atomic mass is 32.2. The SMILES string of the molecule is Cc1nc(CNS(=O)(=O)N2CCCCC2)oc1C. The highest BCUT2D eigenvalue weighted by Crippen LogP contribution is 2.13. The van der Waals surface area contributed by atoms with Crippen LogP contribution in [0.5, 0.6) is 0 Å². The van der Waals surface area contributed by atoms with E-state index in [0.717, 1.165) is 30.7 Å². The molecule has 0 saturated carbocycles. The minimum atomic E-state index is -3.40. The van der Waals surface area contributed by atoms with Gasteiger partial charge in [-0.1, -0.05) is 6.42 Å². The molecule has 1 aliphatic rings. The monoisotopic (exact) mass is 273 g/mol. The third-order valence-electron chi connectivity index (χ3n) is 3.13. The van der Waals surface area contributed by atoms with Crippen molar-refractivity contribution in [3.63, 3.8) is 0 Å². The summed E-state index contributed by atoms with van der Waals surface area (Å²) in [7, 11) is -3.40. The molecule has 0 aromatic carbocycles. The maximum atomic E-state index is 12.0. The molecule has 1 aromatic heterocycles. The maximum Gasteiger partial charge on any atom is 0.279 e. The van der Waals surface area contributed by atoms with Crippen molar-refractivity contribution in [1.29, 1.82) is 0 Å². The number of nitrogens with one attached hydrogen (secondary N) is 1. The van der Waals surface area contributed by atoms with Crippen LogP contribution in [0.15, 0.2) is 4.42 Å². The fourth-order valence-corrected chi connectivity index (χ4v) is 3.19. The van der Waals surface area contributed by atoms with Gasteiger partial charge in [-0.15, -0.1) is 0 Å². The molecule has 1 aromatic rings. The standard InChI is InChI=1S/C11H19N3O3S/c1-9-10(2)17-11(13-9)8-12-18(15,16)14-6-4-3-5-7-14/h12H,3-8H2,1-2H3. The van der Waals surface area contributed by atoms with Gasteiger partial charge >= 0.3 is 0 Å². The van der Waals surface area contributed by atoms with E-state index in [4.69, 9.17) is 4.42 Å². The molecule has 1 N–H and O–H groups in total. The number of nitrogens with zero attached hydrogens (tertiary/aromatic N) is 2. The Bertz CT molecular complexity index is 484. The second-order valence-corrected chi connectivity index (χ2v) is 6.29. The van der Waals surface area contributed by atoms with Gasteiger partial charge in [-0.25, -0.2) is 4.98 Å². The Morgan fingerprint density at radius 3 is 2.50 bits per heavy atom. The number of hydrogen-bond donors (Lipinski definition) is 1. The zero-order valence-electron chi connectivity index (χ0n) is 10.8. The Labute approximate surface area is 108 Å². The van der Waals surface area contributed by atoms with Gasteiger partial charge in [-0.2, -0.15) is 17.4 Å². The average Bonchev–Trinajstić information content (AvgIpc) is 2.68. The van der Waals surface area contributed by atoms with E-state index in [1.807, 2.05) is 13.8 Å². The van der Waals surface area contributed by atoms with E-state index in [1.165, 1.54) is 4.31 Å². The summed E-state index contributed by atoms with van der Waals surface area (Å²) in [5, 5.41) is 0. The minimum absolute atomic E-state index is 0.105. The Hall–Kier alpha value is -0.920. The van der Waals surface area contributed by atoms with Crippen LogP contribution in [0.1, 0.15) is 36.6 Å². The lowest BCUT2D eigenvalue weighted by Gasteiger charge is -2.25. The first-order chi connectivity index (χ1) is 8.49. The molecule has 1 fully saturated rings. The molecular weight excluding hydrogens is 254 g/mol. The molecule has 6 nitrogen and oxygen atoms in total. The molecular formula is C11H19N3O3S. The van der Waals surface area contributed by atoms with Gasteiger partial charge in [0.25, 0.3) is 10.2 Å². The topological polar surface area (TPSA) is 75.4 Å². The van der Waals surface area contributed by atoms with Crippen molar-refractivity contribution >= 4 is 10.2 Å². The Morgan fingerprint density at radius 2 is 1.94 bits per heavy atom. The van der Waals surface area contributed by atoms with Gasteiger partial charge in [0.15, 0.2) is 0 Å². The summed E-state index contributed by atoms with van der Waals surface area (Å²) in [4.78, 5) is 4.15. The molecule has 18 heavy (non-hydrogen) atoms. The number of rotatable bonds is 4. The molecule has 2 heterocycles. The zero-order chi connectivity index (χ0) is 13.2. The summed E-state index contributed by atoms with van der Waals surface area (Å²) in [5.74, 6) is 1.13. The normalized spacial score (nSPS) is 18.1. The van der Waals surface area contributed by atoms with Gasteiger partial charge in [-0.05, 0) is 26.7 Å². The second kappa shape index (κ2) is 5.38. The van der Waals surface area contributed by atoms with E-state index in [9.17, 15) is 8.42 Å². The predicted octanol–water partition coefficient (Wildman–Crippen LogP) is 1.11. The fourth-order valence-electron chi connectivity index (χ4n) is 1.96. The summed E-state index contributed by atoms with van der Waals surface area (Å²) in [6.07, 6.45) is 2.96. The van der Waals surface area contributed by atoms with E-state index in [1.54, 1.807) is 0 Å². The van der Waals surface area contributed by atoms with Crippen LogP contribution in [0.3, 0.4) is 0 Å². The zero-order valence-corrected chi connectivity index (χ0v) is 11.6.